The van der Waals surface area contributed by atoms with E-state index in [1.165, 1.54) is 0 Å². The number of nitrogens with zero attached hydrogens (tertiary/aromatic N) is 1. The van der Waals surface area contributed by atoms with E-state index in [-0.39, 0.29) is 18.4 Å². The number of carbonyl (C=O) groups is 1. The van der Waals surface area contributed by atoms with Crippen LogP contribution in [-0.4, -0.2) is 19.1 Å². The number of rotatable bonds is 3. The molecule has 1 unspecified atom stereocenters. The summed E-state index contributed by atoms with van der Waals surface area (Å²) in [6.07, 6.45) is 1.01. The highest BCUT2D eigenvalue weighted by Gasteiger charge is 2.25. The van der Waals surface area contributed by atoms with Crippen LogP contribution in [0.3, 0.4) is 0 Å². The van der Waals surface area contributed by atoms with E-state index in [1.807, 2.05) is 42.5 Å². The molecule has 1 aliphatic heterocycles. The third kappa shape index (κ3) is 3.49. The van der Waals surface area contributed by atoms with Gasteiger partial charge >= 0.3 is 0 Å². The van der Waals surface area contributed by atoms with Gasteiger partial charge in [-0.05, 0) is 24.1 Å². The molecule has 0 bridgehead atoms. The maximum Gasteiger partial charge on any atom is 0.229 e. The Labute approximate surface area is 140 Å². The molecule has 23 heavy (non-hydrogen) atoms. The summed E-state index contributed by atoms with van der Waals surface area (Å²) in [5, 5.41) is 0.523. The van der Waals surface area contributed by atoms with E-state index in [4.69, 9.17) is 22.1 Å². The van der Waals surface area contributed by atoms with Gasteiger partial charge in [-0.15, -0.1) is 0 Å². The number of hydrogen-bond donors (Lipinski definition) is 1. The first kappa shape index (κ1) is 15.8. The Morgan fingerprint density at radius 1 is 1.22 bits per heavy atom. The van der Waals surface area contributed by atoms with Gasteiger partial charge in [-0.3, -0.25) is 4.79 Å². The number of halogens is 1. The molecule has 0 saturated carbocycles. The lowest BCUT2D eigenvalue weighted by atomic mass is 10.0. The van der Waals surface area contributed by atoms with Gasteiger partial charge in [-0.2, -0.15) is 0 Å². The highest BCUT2D eigenvalue weighted by Crippen LogP contribution is 2.37. The van der Waals surface area contributed by atoms with Crippen molar-refractivity contribution in [3.05, 3.63) is 59.1 Å². The SMILES string of the molecule is NC(CC(=O)N1CCCOc2c(Cl)cccc21)c1ccccc1. The van der Waals surface area contributed by atoms with Crippen molar-refractivity contribution in [1.29, 1.82) is 0 Å². The quantitative estimate of drug-likeness (QED) is 0.936. The monoisotopic (exact) mass is 330 g/mol. The fourth-order valence-electron chi connectivity index (χ4n) is 2.75. The van der Waals surface area contributed by atoms with E-state index < -0.39 is 0 Å². The van der Waals surface area contributed by atoms with Crippen molar-refractivity contribution >= 4 is 23.2 Å². The topological polar surface area (TPSA) is 55.6 Å². The van der Waals surface area contributed by atoms with E-state index in [0.29, 0.717) is 23.9 Å². The fourth-order valence-corrected chi connectivity index (χ4v) is 2.97. The van der Waals surface area contributed by atoms with Crippen LogP contribution in [0.1, 0.15) is 24.4 Å². The molecule has 2 aromatic carbocycles. The van der Waals surface area contributed by atoms with Crippen molar-refractivity contribution in [3.63, 3.8) is 0 Å². The number of benzene rings is 2. The van der Waals surface area contributed by atoms with Gasteiger partial charge < -0.3 is 15.4 Å². The number of hydrogen-bond acceptors (Lipinski definition) is 3. The molecule has 0 saturated heterocycles. The molecule has 2 aromatic rings. The third-order valence-corrected chi connectivity index (χ3v) is 4.23. The Balaban J connectivity index is 1.81. The first-order chi connectivity index (χ1) is 11.2. The summed E-state index contributed by atoms with van der Waals surface area (Å²) < 4.78 is 5.69. The van der Waals surface area contributed by atoms with E-state index in [9.17, 15) is 4.79 Å². The van der Waals surface area contributed by atoms with Crippen molar-refractivity contribution in [1.82, 2.24) is 0 Å². The first-order valence-corrected chi connectivity index (χ1v) is 8.07. The van der Waals surface area contributed by atoms with Crippen molar-refractivity contribution in [3.8, 4) is 5.75 Å². The van der Waals surface area contributed by atoms with Crippen molar-refractivity contribution in [2.45, 2.75) is 18.9 Å². The molecule has 5 heteroatoms. The number of fused-ring (bicyclic) bond motifs is 1. The van der Waals surface area contributed by atoms with Crippen LogP contribution in [0, 0.1) is 0 Å². The first-order valence-electron chi connectivity index (χ1n) is 7.69. The Bertz CT molecular complexity index is 691. The van der Waals surface area contributed by atoms with Crippen LogP contribution in [0.25, 0.3) is 0 Å². The number of amides is 1. The highest BCUT2D eigenvalue weighted by atomic mass is 35.5. The summed E-state index contributed by atoms with van der Waals surface area (Å²) in [5.41, 5.74) is 7.87. The zero-order valence-corrected chi connectivity index (χ0v) is 13.5. The molecule has 3 rings (SSSR count). The highest BCUT2D eigenvalue weighted by molar-refractivity contribution is 6.32. The molecule has 0 aromatic heterocycles. The van der Waals surface area contributed by atoms with Gasteiger partial charge in [0.05, 0.1) is 17.3 Å². The Morgan fingerprint density at radius 3 is 2.78 bits per heavy atom. The average molecular weight is 331 g/mol. The molecule has 1 heterocycles. The molecule has 120 valence electrons. The van der Waals surface area contributed by atoms with Crippen LogP contribution in [-0.2, 0) is 4.79 Å². The second kappa shape index (κ2) is 7.02. The van der Waals surface area contributed by atoms with Crippen LogP contribution in [0.4, 0.5) is 5.69 Å². The van der Waals surface area contributed by atoms with Crippen LogP contribution in [0.2, 0.25) is 5.02 Å². The van der Waals surface area contributed by atoms with Gasteiger partial charge in [0.25, 0.3) is 0 Å². The number of ether oxygens (including phenoxy) is 1. The number of para-hydroxylation sites is 1. The Morgan fingerprint density at radius 2 is 2.00 bits per heavy atom. The van der Waals surface area contributed by atoms with Gasteiger partial charge in [-0.25, -0.2) is 0 Å². The van der Waals surface area contributed by atoms with Crippen molar-refractivity contribution in [2.75, 3.05) is 18.1 Å². The summed E-state index contributed by atoms with van der Waals surface area (Å²) in [4.78, 5) is 14.5. The molecule has 0 fully saturated rings. The standard InChI is InChI=1S/C18H19ClN2O2/c19-14-8-4-9-16-18(14)23-11-5-10-21(16)17(22)12-15(20)13-6-2-1-3-7-13/h1-4,6-9,15H,5,10-12,20H2. The molecule has 1 aliphatic rings. The second-order valence-electron chi connectivity index (χ2n) is 5.56. The van der Waals surface area contributed by atoms with Crippen molar-refractivity contribution < 1.29 is 9.53 Å². The minimum atomic E-state index is -0.324. The lowest BCUT2D eigenvalue weighted by Crippen LogP contribution is -2.33. The second-order valence-corrected chi connectivity index (χ2v) is 5.96. The van der Waals surface area contributed by atoms with Crippen LogP contribution in [0.15, 0.2) is 48.5 Å². The maximum absolute atomic E-state index is 12.8. The Kier molecular flexibility index (Phi) is 4.84. The van der Waals surface area contributed by atoms with E-state index >= 15 is 0 Å². The van der Waals surface area contributed by atoms with E-state index in [0.717, 1.165) is 17.7 Å². The molecular formula is C18H19ClN2O2. The molecule has 4 nitrogen and oxygen atoms in total. The lowest BCUT2D eigenvalue weighted by Gasteiger charge is -2.24. The van der Waals surface area contributed by atoms with Crippen molar-refractivity contribution in [2.24, 2.45) is 5.73 Å². The predicted octanol–water partition coefficient (Wildman–Crippen LogP) is 3.55. The molecule has 0 aliphatic carbocycles. The number of nitrogens with two attached hydrogens (primary N) is 1. The van der Waals surface area contributed by atoms with Gasteiger partial charge in [0.2, 0.25) is 5.91 Å². The van der Waals surface area contributed by atoms with Gasteiger partial charge in [0.1, 0.15) is 0 Å². The average Bonchev–Trinajstić information content (AvgIpc) is 2.79. The zero-order valence-electron chi connectivity index (χ0n) is 12.7. The molecule has 2 N–H and O–H groups in total. The molecule has 0 radical (unpaired) electrons. The van der Waals surface area contributed by atoms with Crippen LogP contribution in [0.5, 0.6) is 5.75 Å². The van der Waals surface area contributed by atoms with Crippen LogP contribution < -0.4 is 15.4 Å². The number of carbonyl (C=O) groups excluding carboxylic acids is 1. The zero-order chi connectivity index (χ0) is 16.2. The Hall–Kier alpha value is -2.04. The van der Waals surface area contributed by atoms with Crippen LogP contribution >= 0.6 is 11.6 Å². The fraction of sp³-hybridized carbons (Fsp3) is 0.278. The molecular weight excluding hydrogens is 312 g/mol. The largest absolute Gasteiger partial charge is 0.490 e. The summed E-state index contributed by atoms with van der Waals surface area (Å²) in [7, 11) is 0. The minimum Gasteiger partial charge on any atom is -0.490 e. The molecule has 1 atom stereocenters. The summed E-state index contributed by atoms with van der Waals surface area (Å²) >= 11 is 6.20. The minimum absolute atomic E-state index is 0.0182. The smallest absolute Gasteiger partial charge is 0.229 e. The van der Waals surface area contributed by atoms with Gasteiger partial charge in [0.15, 0.2) is 5.75 Å². The summed E-state index contributed by atoms with van der Waals surface area (Å²) in [6.45, 7) is 1.15. The third-order valence-electron chi connectivity index (χ3n) is 3.93. The lowest BCUT2D eigenvalue weighted by molar-refractivity contribution is -0.119. The number of anilines is 1. The molecule has 1 amide bonds. The predicted molar refractivity (Wildman–Crippen MR) is 91.9 cm³/mol. The normalized spacial score (nSPS) is 15.3. The molecule has 0 spiro atoms. The van der Waals surface area contributed by atoms with Gasteiger partial charge in [0, 0.05) is 19.0 Å². The van der Waals surface area contributed by atoms with E-state index in [1.54, 1.807) is 11.0 Å². The van der Waals surface area contributed by atoms with Gasteiger partial charge in [-0.1, -0.05) is 48.0 Å². The maximum atomic E-state index is 12.8. The summed E-state index contributed by atoms with van der Waals surface area (Å²) in [6, 6.07) is 14.8. The van der Waals surface area contributed by atoms with E-state index in [2.05, 4.69) is 0 Å². The summed E-state index contributed by atoms with van der Waals surface area (Å²) in [5.74, 6) is 0.559.